The zero-order valence-corrected chi connectivity index (χ0v) is 28.0. The molecule has 4 aromatic carbocycles. The van der Waals surface area contributed by atoms with Crippen LogP contribution in [0.3, 0.4) is 0 Å². The molecule has 0 aliphatic heterocycles. The monoisotopic (exact) mass is 654 g/mol. The van der Waals surface area contributed by atoms with Crippen LogP contribution >= 0.6 is 21.6 Å². The summed E-state index contributed by atoms with van der Waals surface area (Å²) in [6.45, 7) is 1.08. The van der Waals surface area contributed by atoms with Crippen molar-refractivity contribution in [2.45, 2.75) is 0 Å². The lowest BCUT2D eigenvalue weighted by Crippen LogP contribution is -2.26. The number of benzene rings is 4. The molecule has 2 N–H and O–H groups in total. The van der Waals surface area contributed by atoms with Gasteiger partial charge in [-0.15, -0.1) is 0 Å². The second-order valence-electron chi connectivity index (χ2n) is 10.5. The fourth-order valence-electron chi connectivity index (χ4n) is 3.96. The lowest BCUT2D eigenvalue weighted by Gasteiger charge is -2.11. The third-order valence-electron chi connectivity index (χ3n) is 6.58. The van der Waals surface area contributed by atoms with Gasteiger partial charge in [0.25, 0.3) is 11.8 Å². The van der Waals surface area contributed by atoms with Crippen molar-refractivity contribution in [3.05, 3.63) is 108 Å². The van der Waals surface area contributed by atoms with Crippen LogP contribution in [-0.2, 0) is 0 Å². The quantitative estimate of drug-likeness (QED) is 0.0759. The molecule has 46 heavy (non-hydrogen) atoms. The molecule has 12 heteroatoms. The van der Waals surface area contributed by atoms with Gasteiger partial charge in [-0.1, -0.05) is 21.6 Å². The SMILES string of the molecule is CN(C)c1ccc(N=Nc2ccc(C(=O)NCCSSCCNC(=O)c3ccc(N=Nc4ccc(N(C)C)cc4)cc3)cc2)cc1. The van der Waals surface area contributed by atoms with Gasteiger partial charge in [0.1, 0.15) is 0 Å². The topological polar surface area (TPSA) is 114 Å². The van der Waals surface area contributed by atoms with E-state index in [0.29, 0.717) is 35.6 Å². The van der Waals surface area contributed by atoms with Crippen molar-refractivity contribution in [2.24, 2.45) is 20.5 Å². The number of hydrogen-bond acceptors (Lipinski definition) is 10. The Bertz CT molecular complexity index is 1480. The van der Waals surface area contributed by atoms with Gasteiger partial charge in [-0.25, -0.2) is 0 Å². The van der Waals surface area contributed by atoms with Gasteiger partial charge < -0.3 is 20.4 Å². The second-order valence-corrected chi connectivity index (χ2v) is 13.2. The van der Waals surface area contributed by atoms with Gasteiger partial charge in [-0.3, -0.25) is 9.59 Å². The third kappa shape index (κ3) is 11.0. The molecule has 4 aromatic rings. The number of nitrogens with one attached hydrogen (secondary N) is 2. The molecule has 0 aliphatic carbocycles. The molecule has 0 radical (unpaired) electrons. The van der Waals surface area contributed by atoms with Gasteiger partial charge in [-0.05, 0) is 97.1 Å². The number of hydrogen-bond donors (Lipinski definition) is 2. The fourth-order valence-corrected chi connectivity index (χ4v) is 5.77. The Morgan fingerprint density at radius 1 is 0.500 bits per heavy atom. The van der Waals surface area contributed by atoms with Crippen molar-refractivity contribution in [1.82, 2.24) is 10.6 Å². The van der Waals surface area contributed by atoms with Crippen molar-refractivity contribution < 1.29 is 9.59 Å². The first-order valence-electron chi connectivity index (χ1n) is 14.7. The van der Waals surface area contributed by atoms with Crippen molar-refractivity contribution in [3.63, 3.8) is 0 Å². The van der Waals surface area contributed by atoms with Crippen LogP contribution in [0.2, 0.25) is 0 Å². The molecule has 238 valence electrons. The largest absolute Gasteiger partial charge is 0.378 e. The molecule has 2 amide bonds. The molecular weight excluding hydrogens is 617 g/mol. The number of nitrogens with zero attached hydrogens (tertiary/aromatic N) is 6. The average Bonchev–Trinajstić information content (AvgIpc) is 3.08. The molecule has 0 fully saturated rings. The Balaban J connectivity index is 1.07. The molecule has 10 nitrogen and oxygen atoms in total. The summed E-state index contributed by atoms with van der Waals surface area (Å²) in [5.41, 5.74) is 6.20. The van der Waals surface area contributed by atoms with Crippen molar-refractivity contribution in [1.29, 1.82) is 0 Å². The summed E-state index contributed by atoms with van der Waals surface area (Å²) < 4.78 is 0. The third-order valence-corrected chi connectivity index (χ3v) is 8.99. The summed E-state index contributed by atoms with van der Waals surface area (Å²) >= 11 is 0. The summed E-state index contributed by atoms with van der Waals surface area (Å²) in [7, 11) is 11.3. The molecule has 4 rings (SSSR count). The Morgan fingerprint density at radius 3 is 1.07 bits per heavy atom. The Labute approximate surface area is 278 Å². The van der Waals surface area contributed by atoms with Gasteiger partial charge in [0.2, 0.25) is 0 Å². The van der Waals surface area contributed by atoms with Gasteiger partial charge in [0.15, 0.2) is 0 Å². The molecule has 0 aromatic heterocycles. The summed E-state index contributed by atoms with van der Waals surface area (Å²) in [4.78, 5) is 29.0. The van der Waals surface area contributed by atoms with E-state index in [1.807, 2.05) is 86.5 Å². The lowest BCUT2D eigenvalue weighted by atomic mass is 10.2. The highest BCUT2D eigenvalue weighted by atomic mass is 33.1. The summed E-state index contributed by atoms with van der Waals surface area (Å²) in [6.07, 6.45) is 0. The summed E-state index contributed by atoms with van der Waals surface area (Å²) in [5, 5.41) is 22.9. The van der Waals surface area contributed by atoms with E-state index in [2.05, 4.69) is 31.1 Å². The summed E-state index contributed by atoms with van der Waals surface area (Å²) in [5.74, 6) is 1.23. The molecule has 0 aliphatic rings. The van der Waals surface area contributed by atoms with Crippen LogP contribution in [0.25, 0.3) is 0 Å². The normalized spacial score (nSPS) is 11.1. The Kier molecular flexibility index (Phi) is 13.2. The molecule has 0 atom stereocenters. The fraction of sp³-hybridized carbons (Fsp3) is 0.235. The van der Waals surface area contributed by atoms with Crippen LogP contribution in [0.5, 0.6) is 0 Å². The molecular formula is C34H38N8O2S2. The van der Waals surface area contributed by atoms with Crippen LogP contribution < -0.4 is 20.4 Å². The number of anilines is 2. The predicted octanol–water partition coefficient (Wildman–Crippen LogP) is 8.19. The highest BCUT2D eigenvalue weighted by molar-refractivity contribution is 8.76. The average molecular weight is 655 g/mol. The van der Waals surface area contributed by atoms with Crippen LogP contribution in [0.4, 0.5) is 34.1 Å². The maximum Gasteiger partial charge on any atom is 0.251 e. The second kappa shape index (κ2) is 17.7. The molecule has 0 bridgehead atoms. The van der Waals surface area contributed by atoms with E-state index >= 15 is 0 Å². The zero-order chi connectivity index (χ0) is 32.7. The van der Waals surface area contributed by atoms with Gasteiger partial charge in [0, 0.05) is 75.3 Å². The van der Waals surface area contributed by atoms with Gasteiger partial charge in [0.05, 0.1) is 22.7 Å². The number of carbonyl (C=O) groups is 2. The number of carbonyl (C=O) groups excluding carboxylic acids is 2. The lowest BCUT2D eigenvalue weighted by molar-refractivity contribution is 0.0948. The summed E-state index contributed by atoms with van der Waals surface area (Å²) in [6, 6.07) is 29.7. The zero-order valence-electron chi connectivity index (χ0n) is 26.4. The van der Waals surface area contributed by atoms with Crippen LogP contribution in [0.15, 0.2) is 118 Å². The first kappa shape index (κ1) is 34.2. The van der Waals surface area contributed by atoms with Crippen molar-refractivity contribution >= 4 is 67.5 Å². The van der Waals surface area contributed by atoms with Crippen LogP contribution in [0.1, 0.15) is 20.7 Å². The molecule has 0 unspecified atom stereocenters. The van der Waals surface area contributed by atoms with Crippen LogP contribution in [0, 0.1) is 0 Å². The van der Waals surface area contributed by atoms with Crippen molar-refractivity contribution in [3.8, 4) is 0 Å². The molecule has 0 heterocycles. The predicted molar refractivity (Wildman–Crippen MR) is 192 cm³/mol. The minimum atomic E-state index is -0.133. The van der Waals surface area contributed by atoms with E-state index < -0.39 is 0 Å². The van der Waals surface area contributed by atoms with E-state index in [-0.39, 0.29) is 11.8 Å². The Hall–Kier alpha value is -4.68. The van der Waals surface area contributed by atoms with E-state index in [0.717, 1.165) is 34.3 Å². The first-order valence-corrected chi connectivity index (χ1v) is 17.2. The molecule has 0 saturated carbocycles. The number of azo groups is 2. The maximum absolute atomic E-state index is 12.5. The number of amides is 2. The van der Waals surface area contributed by atoms with Crippen molar-refractivity contribution in [2.75, 3.05) is 62.6 Å². The standard InChI is InChI=1S/C34H38N8O2S2/c1-41(2)31-17-13-29(14-18-31)39-37-27-9-5-25(6-10-27)33(43)35-21-23-45-46-24-22-36-34(44)26-7-11-28(12-8-26)38-40-30-15-19-32(20-16-30)42(3)4/h5-20H,21-24H2,1-4H3,(H,35,43)(H,36,44). The van der Waals surface area contributed by atoms with E-state index in [4.69, 9.17) is 0 Å². The highest BCUT2D eigenvalue weighted by Crippen LogP contribution is 2.23. The highest BCUT2D eigenvalue weighted by Gasteiger charge is 2.07. The minimum absolute atomic E-state index is 0.133. The van der Waals surface area contributed by atoms with Gasteiger partial charge >= 0.3 is 0 Å². The maximum atomic E-state index is 12.5. The smallest absolute Gasteiger partial charge is 0.251 e. The Morgan fingerprint density at radius 2 is 0.783 bits per heavy atom. The van der Waals surface area contributed by atoms with Crippen LogP contribution in [-0.4, -0.2) is 64.6 Å². The number of rotatable bonds is 15. The van der Waals surface area contributed by atoms with E-state index in [9.17, 15) is 9.59 Å². The van der Waals surface area contributed by atoms with E-state index in [1.54, 1.807) is 70.1 Å². The van der Waals surface area contributed by atoms with Gasteiger partial charge in [-0.2, -0.15) is 20.5 Å². The van der Waals surface area contributed by atoms with E-state index in [1.165, 1.54) is 0 Å². The minimum Gasteiger partial charge on any atom is -0.378 e. The first-order chi connectivity index (χ1) is 22.3. The molecule has 0 saturated heterocycles. The molecule has 0 spiro atoms.